The van der Waals surface area contributed by atoms with E-state index in [4.69, 9.17) is 4.74 Å². The van der Waals surface area contributed by atoms with Crippen LogP contribution in [0.5, 0.6) is 5.75 Å². The Morgan fingerprint density at radius 1 is 1.26 bits per heavy atom. The predicted octanol–water partition coefficient (Wildman–Crippen LogP) is 3.12. The van der Waals surface area contributed by atoms with Crippen LogP contribution in [0.2, 0.25) is 0 Å². The normalized spacial score (nSPS) is 21.3. The summed E-state index contributed by atoms with van der Waals surface area (Å²) in [5.74, 6) is 1.28. The molecule has 3 heterocycles. The molecule has 0 bridgehead atoms. The summed E-state index contributed by atoms with van der Waals surface area (Å²) in [6.07, 6.45) is 7.18. The number of fused-ring (bicyclic) bond motifs is 1. The second kappa shape index (κ2) is 7.69. The van der Waals surface area contributed by atoms with Crippen LogP contribution in [0.15, 0.2) is 48.8 Å². The van der Waals surface area contributed by atoms with E-state index in [1.54, 1.807) is 7.05 Å². The maximum atomic E-state index is 12.1. The highest BCUT2D eigenvalue weighted by atomic mass is 16.5. The average molecular weight is 365 g/mol. The number of hydrogen-bond acceptors (Lipinski definition) is 4. The van der Waals surface area contributed by atoms with E-state index in [2.05, 4.69) is 33.4 Å². The van der Waals surface area contributed by atoms with Gasteiger partial charge in [-0.3, -0.25) is 14.7 Å². The summed E-state index contributed by atoms with van der Waals surface area (Å²) in [6.45, 7) is 2.94. The molecule has 5 heteroatoms. The lowest BCUT2D eigenvalue weighted by atomic mass is 9.76. The number of benzene rings is 1. The fraction of sp³-hybridized carbons (Fsp3) is 0.455. The second-order valence-electron chi connectivity index (χ2n) is 7.74. The summed E-state index contributed by atoms with van der Waals surface area (Å²) in [4.78, 5) is 18.7. The Kier molecular flexibility index (Phi) is 5.12. The Balaban J connectivity index is 1.47. The van der Waals surface area contributed by atoms with Crippen LogP contribution in [0.25, 0.3) is 0 Å². The number of aromatic nitrogens is 1. The molecule has 5 nitrogen and oxygen atoms in total. The smallest absolute Gasteiger partial charge is 0.220 e. The third-order valence-corrected chi connectivity index (χ3v) is 5.91. The predicted molar refractivity (Wildman–Crippen MR) is 105 cm³/mol. The van der Waals surface area contributed by atoms with Gasteiger partial charge in [0, 0.05) is 51.4 Å². The molecule has 4 rings (SSSR count). The topological polar surface area (TPSA) is 54.5 Å². The van der Waals surface area contributed by atoms with Crippen LogP contribution in [0.4, 0.5) is 0 Å². The van der Waals surface area contributed by atoms with Gasteiger partial charge in [0.15, 0.2) is 0 Å². The first-order valence-corrected chi connectivity index (χ1v) is 9.77. The van der Waals surface area contributed by atoms with Gasteiger partial charge in [-0.15, -0.1) is 0 Å². The van der Waals surface area contributed by atoms with Gasteiger partial charge in [-0.25, -0.2) is 0 Å². The highest BCUT2D eigenvalue weighted by Crippen LogP contribution is 2.46. The van der Waals surface area contributed by atoms with Crippen LogP contribution in [-0.4, -0.2) is 41.5 Å². The number of pyridine rings is 1. The number of nitrogens with one attached hydrogen (secondary N) is 1. The number of likely N-dealkylation sites (tertiary alicyclic amines) is 1. The molecule has 1 aromatic heterocycles. The van der Waals surface area contributed by atoms with Crippen molar-refractivity contribution < 1.29 is 9.53 Å². The molecule has 0 unspecified atom stereocenters. The Bertz CT molecular complexity index is 785. The van der Waals surface area contributed by atoms with E-state index in [1.165, 1.54) is 11.1 Å². The lowest BCUT2D eigenvalue weighted by Gasteiger charge is -2.47. The van der Waals surface area contributed by atoms with Crippen LogP contribution in [-0.2, 0) is 11.3 Å². The van der Waals surface area contributed by atoms with Gasteiger partial charge in [0.25, 0.3) is 0 Å². The van der Waals surface area contributed by atoms with Crippen LogP contribution in [0.1, 0.15) is 42.7 Å². The Morgan fingerprint density at radius 2 is 2.07 bits per heavy atom. The monoisotopic (exact) mass is 365 g/mol. The third-order valence-electron chi connectivity index (χ3n) is 5.91. The van der Waals surface area contributed by atoms with Crippen LogP contribution in [0.3, 0.4) is 0 Å². The van der Waals surface area contributed by atoms with Crippen LogP contribution >= 0.6 is 0 Å². The van der Waals surface area contributed by atoms with E-state index in [1.807, 2.05) is 30.6 Å². The summed E-state index contributed by atoms with van der Waals surface area (Å²) in [6, 6.07) is 12.3. The summed E-state index contributed by atoms with van der Waals surface area (Å²) in [5, 5.41) is 2.77. The van der Waals surface area contributed by atoms with E-state index in [0.717, 1.165) is 44.6 Å². The van der Waals surface area contributed by atoms with Gasteiger partial charge >= 0.3 is 0 Å². The van der Waals surface area contributed by atoms with Crippen LogP contribution in [0, 0.1) is 0 Å². The first-order valence-electron chi connectivity index (χ1n) is 9.77. The minimum Gasteiger partial charge on any atom is -0.487 e. The zero-order valence-corrected chi connectivity index (χ0v) is 15.9. The highest BCUT2D eigenvalue weighted by molar-refractivity contribution is 5.76. The zero-order valence-electron chi connectivity index (χ0n) is 15.9. The first-order chi connectivity index (χ1) is 13.2. The SMILES string of the molecule is CNC(=O)C[C@@H]1CC2(CCN(Cc3cccnc3)CC2)Oc2ccccc21. The molecular weight excluding hydrogens is 338 g/mol. The molecule has 2 aromatic rings. The van der Waals surface area contributed by atoms with Crippen molar-refractivity contribution in [1.82, 2.24) is 15.2 Å². The average Bonchev–Trinajstić information content (AvgIpc) is 2.70. The zero-order chi connectivity index (χ0) is 18.7. The number of amides is 1. The highest BCUT2D eigenvalue weighted by Gasteiger charge is 2.43. The van der Waals surface area contributed by atoms with E-state index < -0.39 is 0 Å². The molecule has 0 saturated carbocycles. The third kappa shape index (κ3) is 3.98. The number of hydrogen-bond donors (Lipinski definition) is 1. The number of nitrogens with zero attached hydrogens (tertiary/aromatic N) is 2. The first kappa shape index (κ1) is 18.0. The molecule has 142 valence electrons. The number of carbonyl (C=O) groups excluding carboxylic acids is 1. The van der Waals surface area contributed by atoms with E-state index in [9.17, 15) is 4.79 Å². The molecule has 2 aliphatic rings. The standard InChI is InChI=1S/C22H27N3O2/c1-23-21(26)13-18-14-22(27-20-7-3-2-6-19(18)20)8-11-25(12-9-22)16-17-5-4-10-24-15-17/h2-7,10,15,18H,8-9,11-14,16H2,1H3,(H,23,26)/t18-/m1/s1. The second-order valence-corrected chi connectivity index (χ2v) is 7.74. The lowest BCUT2D eigenvalue weighted by molar-refractivity contribution is -0.121. The lowest BCUT2D eigenvalue weighted by Crippen LogP contribution is -2.50. The molecule has 2 aliphatic heterocycles. The maximum Gasteiger partial charge on any atom is 0.220 e. The summed E-state index contributed by atoms with van der Waals surface area (Å²) in [7, 11) is 1.71. The summed E-state index contributed by atoms with van der Waals surface area (Å²) < 4.78 is 6.53. The Labute approximate surface area is 160 Å². The number of ether oxygens (including phenoxy) is 1. The van der Waals surface area contributed by atoms with Gasteiger partial charge in [-0.05, 0) is 42.5 Å². The van der Waals surface area contributed by atoms with Crippen LogP contribution < -0.4 is 10.1 Å². The van der Waals surface area contributed by atoms with Crippen molar-refractivity contribution >= 4 is 5.91 Å². The summed E-state index contributed by atoms with van der Waals surface area (Å²) in [5.41, 5.74) is 2.27. The summed E-state index contributed by atoms with van der Waals surface area (Å²) >= 11 is 0. The number of piperidine rings is 1. The molecule has 1 saturated heterocycles. The largest absolute Gasteiger partial charge is 0.487 e. The van der Waals surface area contributed by atoms with Crippen molar-refractivity contribution in [3.8, 4) is 5.75 Å². The van der Waals surface area contributed by atoms with E-state index in [0.29, 0.717) is 6.42 Å². The molecule has 27 heavy (non-hydrogen) atoms. The van der Waals surface area contributed by atoms with Gasteiger partial charge in [-0.2, -0.15) is 0 Å². The molecular formula is C22H27N3O2. The number of rotatable bonds is 4. The Hall–Kier alpha value is -2.40. The van der Waals surface area contributed by atoms with Crippen molar-refractivity contribution in [3.05, 3.63) is 59.9 Å². The van der Waals surface area contributed by atoms with E-state index >= 15 is 0 Å². The van der Waals surface area contributed by atoms with Gasteiger partial charge in [-0.1, -0.05) is 24.3 Å². The minimum absolute atomic E-state index is 0.0980. The minimum atomic E-state index is -0.154. The Morgan fingerprint density at radius 3 is 2.81 bits per heavy atom. The molecule has 0 aliphatic carbocycles. The fourth-order valence-corrected chi connectivity index (χ4v) is 4.43. The molecule has 1 aromatic carbocycles. The van der Waals surface area contributed by atoms with Crippen molar-refractivity contribution in [2.45, 2.75) is 43.7 Å². The molecule has 0 radical (unpaired) electrons. The van der Waals surface area contributed by atoms with Crippen molar-refractivity contribution in [2.24, 2.45) is 0 Å². The quantitative estimate of drug-likeness (QED) is 0.905. The molecule has 1 amide bonds. The van der Waals surface area contributed by atoms with Crippen molar-refractivity contribution in [1.29, 1.82) is 0 Å². The maximum absolute atomic E-state index is 12.1. The molecule has 1 fully saturated rings. The fourth-order valence-electron chi connectivity index (χ4n) is 4.43. The van der Waals surface area contributed by atoms with E-state index in [-0.39, 0.29) is 17.4 Å². The van der Waals surface area contributed by atoms with Gasteiger partial charge in [0.2, 0.25) is 5.91 Å². The van der Waals surface area contributed by atoms with Gasteiger partial charge in [0.05, 0.1) is 0 Å². The van der Waals surface area contributed by atoms with Crippen molar-refractivity contribution in [3.63, 3.8) is 0 Å². The van der Waals surface area contributed by atoms with Crippen molar-refractivity contribution in [2.75, 3.05) is 20.1 Å². The molecule has 1 spiro atoms. The molecule has 1 N–H and O–H groups in total. The van der Waals surface area contributed by atoms with Gasteiger partial charge < -0.3 is 10.1 Å². The molecule has 1 atom stereocenters. The number of carbonyl (C=O) groups is 1. The number of para-hydroxylation sites is 1. The van der Waals surface area contributed by atoms with Gasteiger partial charge in [0.1, 0.15) is 11.4 Å².